The van der Waals surface area contributed by atoms with Crippen molar-refractivity contribution in [2.24, 2.45) is 0 Å². The number of imidazole rings is 1. The van der Waals surface area contributed by atoms with Gasteiger partial charge in [-0.05, 0) is 34.6 Å². The SMILES string of the molecule is Cc1ncn(CCNC(=O)NC(C)(C)C)c1C. The predicted molar refractivity (Wildman–Crippen MR) is 68.0 cm³/mol. The Balaban J connectivity index is 2.34. The summed E-state index contributed by atoms with van der Waals surface area (Å²) in [6.07, 6.45) is 1.80. The van der Waals surface area contributed by atoms with Crippen LogP contribution in [0.3, 0.4) is 0 Å². The van der Waals surface area contributed by atoms with E-state index in [1.165, 1.54) is 0 Å². The van der Waals surface area contributed by atoms with Crippen LogP contribution < -0.4 is 10.6 Å². The second kappa shape index (κ2) is 5.21. The van der Waals surface area contributed by atoms with Gasteiger partial charge in [-0.3, -0.25) is 0 Å². The van der Waals surface area contributed by atoms with Gasteiger partial charge in [0, 0.05) is 24.3 Å². The molecular weight excluding hydrogens is 216 g/mol. The van der Waals surface area contributed by atoms with Crippen LogP contribution in [0.25, 0.3) is 0 Å². The van der Waals surface area contributed by atoms with Crippen molar-refractivity contribution >= 4 is 6.03 Å². The summed E-state index contributed by atoms with van der Waals surface area (Å²) in [7, 11) is 0. The Morgan fingerprint density at radius 3 is 2.53 bits per heavy atom. The summed E-state index contributed by atoms with van der Waals surface area (Å²) in [5.41, 5.74) is 1.97. The van der Waals surface area contributed by atoms with E-state index < -0.39 is 0 Å². The summed E-state index contributed by atoms with van der Waals surface area (Å²) in [4.78, 5) is 15.7. The largest absolute Gasteiger partial charge is 0.336 e. The fourth-order valence-corrected chi connectivity index (χ4v) is 1.44. The third-order valence-corrected chi connectivity index (χ3v) is 2.47. The van der Waals surface area contributed by atoms with Gasteiger partial charge < -0.3 is 15.2 Å². The summed E-state index contributed by atoms with van der Waals surface area (Å²) in [5, 5.41) is 5.68. The van der Waals surface area contributed by atoms with Crippen molar-refractivity contribution in [1.29, 1.82) is 0 Å². The first-order valence-corrected chi connectivity index (χ1v) is 5.84. The number of carbonyl (C=O) groups excluding carboxylic acids is 1. The molecule has 0 radical (unpaired) electrons. The van der Waals surface area contributed by atoms with Gasteiger partial charge in [-0.1, -0.05) is 0 Å². The summed E-state index contributed by atoms with van der Waals surface area (Å²) in [6, 6.07) is -0.132. The third-order valence-electron chi connectivity index (χ3n) is 2.47. The van der Waals surface area contributed by atoms with Gasteiger partial charge in [-0.2, -0.15) is 0 Å². The fraction of sp³-hybridized carbons (Fsp3) is 0.667. The van der Waals surface area contributed by atoms with Gasteiger partial charge in [-0.25, -0.2) is 9.78 Å². The Kier molecular flexibility index (Phi) is 4.15. The van der Waals surface area contributed by atoms with E-state index in [0.29, 0.717) is 6.54 Å². The first-order chi connectivity index (χ1) is 7.79. The number of aryl methyl sites for hydroxylation is 1. The molecule has 0 aromatic carbocycles. The molecule has 0 aliphatic heterocycles. The number of urea groups is 1. The van der Waals surface area contributed by atoms with Crippen LogP contribution >= 0.6 is 0 Å². The Morgan fingerprint density at radius 2 is 2.06 bits per heavy atom. The zero-order chi connectivity index (χ0) is 13.1. The summed E-state index contributed by atoms with van der Waals surface area (Å²) in [5.74, 6) is 0. The van der Waals surface area contributed by atoms with Gasteiger partial charge in [0.2, 0.25) is 0 Å². The monoisotopic (exact) mass is 238 g/mol. The van der Waals surface area contributed by atoms with Crippen LogP contribution in [0.4, 0.5) is 4.79 Å². The fourth-order valence-electron chi connectivity index (χ4n) is 1.44. The molecule has 0 saturated carbocycles. The number of rotatable bonds is 3. The van der Waals surface area contributed by atoms with Gasteiger partial charge in [0.25, 0.3) is 0 Å². The maximum Gasteiger partial charge on any atom is 0.315 e. The second-order valence-electron chi connectivity index (χ2n) is 5.24. The topological polar surface area (TPSA) is 59.0 Å². The molecule has 1 rings (SSSR count). The van der Waals surface area contributed by atoms with Crippen LogP contribution in [0.5, 0.6) is 0 Å². The van der Waals surface area contributed by atoms with E-state index in [4.69, 9.17) is 0 Å². The Bertz CT molecular complexity index is 390. The van der Waals surface area contributed by atoms with Gasteiger partial charge >= 0.3 is 6.03 Å². The molecule has 1 heterocycles. The van der Waals surface area contributed by atoms with Crippen LogP contribution in [0.2, 0.25) is 0 Å². The number of nitrogens with one attached hydrogen (secondary N) is 2. The molecule has 0 aliphatic carbocycles. The van der Waals surface area contributed by atoms with Crippen LogP contribution in [0.15, 0.2) is 6.33 Å². The highest BCUT2D eigenvalue weighted by molar-refractivity contribution is 5.74. The lowest BCUT2D eigenvalue weighted by Gasteiger charge is -2.20. The lowest BCUT2D eigenvalue weighted by Crippen LogP contribution is -2.47. The van der Waals surface area contributed by atoms with E-state index in [2.05, 4.69) is 15.6 Å². The molecule has 0 unspecified atom stereocenters. The van der Waals surface area contributed by atoms with Crippen molar-refractivity contribution in [2.75, 3.05) is 6.54 Å². The van der Waals surface area contributed by atoms with Crippen molar-refractivity contribution < 1.29 is 4.79 Å². The average Bonchev–Trinajstić information content (AvgIpc) is 2.46. The van der Waals surface area contributed by atoms with Crippen molar-refractivity contribution in [2.45, 2.75) is 46.7 Å². The Morgan fingerprint density at radius 1 is 1.41 bits per heavy atom. The van der Waals surface area contributed by atoms with Crippen LogP contribution in [0, 0.1) is 13.8 Å². The quantitative estimate of drug-likeness (QED) is 0.840. The molecule has 96 valence electrons. The average molecular weight is 238 g/mol. The van der Waals surface area contributed by atoms with Gasteiger partial charge in [-0.15, -0.1) is 0 Å². The molecule has 0 aliphatic rings. The highest BCUT2D eigenvalue weighted by Gasteiger charge is 2.12. The highest BCUT2D eigenvalue weighted by atomic mass is 16.2. The number of hydrogen-bond acceptors (Lipinski definition) is 2. The number of nitrogens with zero attached hydrogens (tertiary/aromatic N) is 2. The molecule has 0 saturated heterocycles. The Hall–Kier alpha value is -1.52. The minimum absolute atomic E-state index is 0.132. The molecule has 1 aromatic rings. The second-order valence-corrected chi connectivity index (χ2v) is 5.24. The van der Waals surface area contributed by atoms with E-state index in [-0.39, 0.29) is 11.6 Å². The van der Waals surface area contributed by atoms with Crippen molar-refractivity contribution in [3.63, 3.8) is 0 Å². The minimum atomic E-state index is -0.203. The van der Waals surface area contributed by atoms with E-state index in [1.807, 2.05) is 39.2 Å². The summed E-state index contributed by atoms with van der Waals surface area (Å²) < 4.78 is 2.03. The number of hydrogen-bond donors (Lipinski definition) is 2. The maximum atomic E-state index is 11.5. The van der Waals surface area contributed by atoms with Crippen molar-refractivity contribution in [1.82, 2.24) is 20.2 Å². The zero-order valence-electron chi connectivity index (χ0n) is 11.3. The van der Waals surface area contributed by atoms with Crippen LogP contribution in [0.1, 0.15) is 32.2 Å². The number of carbonyl (C=O) groups is 1. The zero-order valence-corrected chi connectivity index (χ0v) is 11.3. The van der Waals surface area contributed by atoms with Gasteiger partial charge in [0.05, 0.1) is 12.0 Å². The summed E-state index contributed by atoms with van der Waals surface area (Å²) >= 11 is 0. The van der Waals surface area contributed by atoms with Gasteiger partial charge in [0.1, 0.15) is 0 Å². The first-order valence-electron chi connectivity index (χ1n) is 5.84. The number of amides is 2. The van der Waals surface area contributed by atoms with E-state index in [0.717, 1.165) is 17.9 Å². The van der Waals surface area contributed by atoms with E-state index in [1.54, 1.807) is 6.33 Å². The lowest BCUT2D eigenvalue weighted by molar-refractivity contribution is 0.231. The Labute approximate surface area is 103 Å². The normalized spacial score (nSPS) is 11.4. The van der Waals surface area contributed by atoms with Crippen molar-refractivity contribution in [3.8, 4) is 0 Å². The predicted octanol–water partition coefficient (Wildman–Crippen LogP) is 1.60. The molecule has 5 nitrogen and oxygen atoms in total. The van der Waals surface area contributed by atoms with E-state index >= 15 is 0 Å². The van der Waals surface area contributed by atoms with Crippen molar-refractivity contribution in [3.05, 3.63) is 17.7 Å². The number of aromatic nitrogens is 2. The maximum absolute atomic E-state index is 11.5. The van der Waals surface area contributed by atoms with Gasteiger partial charge in [0.15, 0.2) is 0 Å². The third kappa shape index (κ3) is 4.46. The molecule has 0 atom stereocenters. The smallest absolute Gasteiger partial charge is 0.315 e. The molecule has 0 bridgehead atoms. The van der Waals surface area contributed by atoms with Crippen LogP contribution in [-0.4, -0.2) is 27.7 Å². The van der Waals surface area contributed by atoms with E-state index in [9.17, 15) is 4.79 Å². The summed E-state index contributed by atoms with van der Waals surface area (Å²) in [6.45, 7) is 11.2. The highest BCUT2D eigenvalue weighted by Crippen LogP contribution is 2.03. The molecule has 5 heteroatoms. The molecular formula is C12H22N4O. The molecule has 1 aromatic heterocycles. The molecule has 0 fully saturated rings. The first kappa shape index (κ1) is 13.5. The molecule has 2 amide bonds. The van der Waals surface area contributed by atoms with Crippen LogP contribution in [-0.2, 0) is 6.54 Å². The standard InChI is InChI=1S/C12H22N4O/c1-9-10(2)16(8-14-9)7-6-13-11(17)15-12(3,4)5/h8H,6-7H2,1-5H3,(H2,13,15,17). The lowest BCUT2D eigenvalue weighted by atomic mass is 10.1. The molecule has 17 heavy (non-hydrogen) atoms. The molecule has 0 spiro atoms. The molecule has 2 N–H and O–H groups in total. The minimum Gasteiger partial charge on any atom is -0.336 e.